The summed E-state index contributed by atoms with van der Waals surface area (Å²) in [5, 5.41) is 13.4. The molecule has 0 spiro atoms. The largest absolute Gasteiger partial charge is 0.444 e. The van der Waals surface area contributed by atoms with Crippen LogP contribution in [0.3, 0.4) is 0 Å². The van der Waals surface area contributed by atoms with Gasteiger partial charge in [0.05, 0.1) is 0 Å². The van der Waals surface area contributed by atoms with Crippen molar-refractivity contribution in [2.75, 3.05) is 19.6 Å². The summed E-state index contributed by atoms with van der Waals surface area (Å²) in [6, 6.07) is 0. The van der Waals surface area contributed by atoms with Gasteiger partial charge < -0.3 is 20.5 Å². The number of hydrogen-bond acceptors (Lipinski definition) is 4. The molecule has 0 aromatic heterocycles. The number of alkyl carbamates (subject to hydrolysis) is 1. The molecule has 0 aliphatic rings. The van der Waals surface area contributed by atoms with Crippen LogP contribution in [-0.2, 0) is 4.74 Å². The smallest absolute Gasteiger partial charge is 0.415 e. The highest BCUT2D eigenvalue weighted by molar-refractivity contribution is 5.67. The lowest BCUT2D eigenvalue weighted by molar-refractivity contribution is -0.201. The summed E-state index contributed by atoms with van der Waals surface area (Å²) in [7, 11) is 0. The van der Waals surface area contributed by atoms with E-state index in [4.69, 9.17) is 9.84 Å². The molecule has 1 amide bonds. The van der Waals surface area contributed by atoms with Crippen LogP contribution in [0.15, 0.2) is 0 Å². The highest BCUT2D eigenvalue weighted by Crippen LogP contribution is 2.18. The molecule has 0 aromatic rings. The normalized spacial score (nSPS) is 14.2. The molecule has 108 valence electrons. The van der Waals surface area contributed by atoms with Gasteiger partial charge in [0, 0.05) is 19.6 Å². The molecule has 0 heterocycles. The molecule has 5 nitrogen and oxygen atoms in total. The Balaban J connectivity index is 3.61. The van der Waals surface area contributed by atoms with Crippen molar-refractivity contribution in [3.8, 4) is 0 Å². The molecule has 0 saturated heterocycles. The number of rotatable bonds is 5. The van der Waals surface area contributed by atoms with Gasteiger partial charge in [-0.3, -0.25) is 0 Å². The Labute approximate surface area is 104 Å². The second kappa shape index (κ2) is 6.79. The number of amides is 1. The number of carbonyl (C=O) groups excluding carboxylic acids is 1. The van der Waals surface area contributed by atoms with Gasteiger partial charge in [-0.2, -0.15) is 13.2 Å². The molecule has 0 unspecified atom stereocenters. The highest BCUT2D eigenvalue weighted by Gasteiger charge is 2.37. The lowest BCUT2D eigenvalue weighted by Crippen LogP contribution is -2.41. The average Bonchev–Trinajstić information content (AvgIpc) is 2.12. The fourth-order valence-electron chi connectivity index (χ4n) is 0.922. The Morgan fingerprint density at radius 1 is 1.28 bits per heavy atom. The van der Waals surface area contributed by atoms with Crippen LogP contribution in [0.5, 0.6) is 0 Å². The van der Waals surface area contributed by atoms with Gasteiger partial charge in [0.15, 0.2) is 6.10 Å². The number of halogens is 3. The number of nitrogens with one attached hydrogen (secondary N) is 2. The minimum atomic E-state index is -4.63. The van der Waals surface area contributed by atoms with Gasteiger partial charge in [-0.1, -0.05) is 0 Å². The molecule has 0 saturated carbocycles. The summed E-state index contributed by atoms with van der Waals surface area (Å²) in [5.41, 5.74) is -0.621. The van der Waals surface area contributed by atoms with Crippen molar-refractivity contribution >= 4 is 6.09 Å². The quantitative estimate of drug-likeness (QED) is 0.654. The van der Waals surface area contributed by atoms with Crippen molar-refractivity contribution in [1.82, 2.24) is 10.6 Å². The summed E-state index contributed by atoms with van der Waals surface area (Å²) in [6.07, 6.45) is -7.68. The summed E-state index contributed by atoms with van der Waals surface area (Å²) in [5.74, 6) is 0. The minimum absolute atomic E-state index is 0.104. The lowest BCUT2D eigenvalue weighted by atomic mass is 10.2. The Morgan fingerprint density at radius 3 is 2.28 bits per heavy atom. The maximum atomic E-state index is 11.9. The molecule has 0 bridgehead atoms. The monoisotopic (exact) mass is 272 g/mol. The SMILES string of the molecule is CC(C)(C)OC(=O)NCCNC[C@H](O)C(F)(F)F. The van der Waals surface area contributed by atoms with Crippen molar-refractivity contribution in [2.45, 2.75) is 38.7 Å². The third-order valence-electron chi connectivity index (χ3n) is 1.69. The molecule has 8 heteroatoms. The number of alkyl halides is 3. The maximum absolute atomic E-state index is 11.9. The van der Waals surface area contributed by atoms with Crippen molar-refractivity contribution in [2.24, 2.45) is 0 Å². The highest BCUT2D eigenvalue weighted by atomic mass is 19.4. The van der Waals surface area contributed by atoms with E-state index in [2.05, 4.69) is 10.6 Å². The molecule has 1 atom stereocenters. The second-order valence-corrected chi connectivity index (χ2v) is 4.69. The zero-order valence-corrected chi connectivity index (χ0v) is 10.6. The molecular formula is C10H19F3N2O3. The van der Waals surface area contributed by atoms with Gasteiger partial charge in [-0.25, -0.2) is 4.79 Å². The van der Waals surface area contributed by atoms with Crippen molar-refractivity contribution < 1.29 is 27.8 Å². The first-order valence-corrected chi connectivity index (χ1v) is 5.45. The molecule has 0 rings (SSSR count). The Kier molecular flexibility index (Phi) is 6.41. The number of hydrogen-bond donors (Lipinski definition) is 3. The first-order valence-electron chi connectivity index (χ1n) is 5.45. The lowest BCUT2D eigenvalue weighted by Gasteiger charge is -2.20. The van der Waals surface area contributed by atoms with Crippen LogP contribution >= 0.6 is 0 Å². The Morgan fingerprint density at radius 2 is 1.83 bits per heavy atom. The van der Waals surface area contributed by atoms with Gasteiger partial charge in [0.2, 0.25) is 0 Å². The molecule has 0 radical (unpaired) electrons. The molecule has 0 aromatic carbocycles. The van der Waals surface area contributed by atoms with E-state index < -0.39 is 30.5 Å². The predicted molar refractivity (Wildman–Crippen MR) is 59.2 cm³/mol. The topological polar surface area (TPSA) is 70.6 Å². The number of aliphatic hydroxyl groups is 1. The third-order valence-corrected chi connectivity index (χ3v) is 1.69. The van der Waals surface area contributed by atoms with Crippen molar-refractivity contribution in [3.63, 3.8) is 0 Å². The van der Waals surface area contributed by atoms with Crippen LogP contribution in [-0.4, -0.2) is 48.7 Å². The Bertz CT molecular complexity index is 264. The zero-order chi connectivity index (χ0) is 14.4. The number of ether oxygens (including phenoxy) is 1. The third kappa shape index (κ3) is 9.06. The van der Waals surface area contributed by atoms with E-state index in [1.807, 2.05) is 0 Å². The van der Waals surface area contributed by atoms with E-state index in [1.165, 1.54) is 0 Å². The fourth-order valence-corrected chi connectivity index (χ4v) is 0.922. The molecule has 0 fully saturated rings. The van der Waals surface area contributed by atoms with Gasteiger partial charge in [0.25, 0.3) is 0 Å². The van der Waals surface area contributed by atoms with Crippen LogP contribution in [0.4, 0.5) is 18.0 Å². The summed E-state index contributed by atoms with van der Waals surface area (Å²) >= 11 is 0. The van der Waals surface area contributed by atoms with E-state index >= 15 is 0 Å². The minimum Gasteiger partial charge on any atom is -0.444 e. The predicted octanol–water partition coefficient (Wildman–Crippen LogP) is 1.02. The van der Waals surface area contributed by atoms with Crippen LogP contribution in [0.1, 0.15) is 20.8 Å². The van der Waals surface area contributed by atoms with Crippen molar-refractivity contribution in [3.05, 3.63) is 0 Å². The van der Waals surface area contributed by atoms with E-state index in [-0.39, 0.29) is 13.1 Å². The summed E-state index contributed by atoms with van der Waals surface area (Å²) in [4.78, 5) is 11.1. The first-order chi connectivity index (χ1) is 8.02. The van der Waals surface area contributed by atoms with E-state index in [1.54, 1.807) is 20.8 Å². The van der Waals surface area contributed by atoms with Gasteiger partial charge in [0.1, 0.15) is 5.60 Å². The zero-order valence-electron chi connectivity index (χ0n) is 10.6. The summed E-state index contributed by atoms with van der Waals surface area (Å²) < 4.78 is 40.6. The molecule has 3 N–H and O–H groups in total. The van der Waals surface area contributed by atoms with Crippen LogP contribution in [0.2, 0.25) is 0 Å². The second-order valence-electron chi connectivity index (χ2n) is 4.69. The number of carbonyl (C=O) groups is 1. The molecule has 0 aliphatic carbocycles. The molecule has 0 aliphatic heterocycles. The fraction of sp³-hybridized carbons (Fsp3) is 0.900. The van der Waals surface area contributed by atoms with Crippen LogP contribution < -0.4 is 10.6 Å². The molecule has 18 heavy (non-hydrogen) atoms. The van der Waals surface area contributed by atoms with Crippen LogP contribution in [0.25, 0.3) is 0 Å². The average molecular weight is 272 g/mol. The van der Waals surface area contributed by atoms with E-state index in [9.17, 15) is 18.0 Å². The van der Waals surface area contributed by atoms with E-state index in [0.717, 1.165) is 0 Å². The molecular weight excluding hydrogens is 253 g/mol. The van der Waals surface area contributed by atoms with Gasteiger partial charge in [-0.05, 0) is 20.8 Å². The first kappa shape index (κ1) is 17.0. The van der Waals surface area contributed by atoms with E-state index in [0.29, 0.717) is 0 Å². The van der Waals surface area contributed by atoms with Crippen molar-refractivity contribution in [1.29, 1.82) is 0 Å². The maximum Gasteiger partial charge on any atom is 0.415 e. The number of aliphatic hydroxyl groups excluding tert-OH is 1. The standard InChI is InChI=1S/C10H19F3N2O3/c1-9(2,3)18-8(17)15-5-4-14-6-7(16)10(11,12)13/h7,14,16H,4-6H2,1-3H3,(H,15,17)/t7-/m0/s1. The van der Waals surface area contributed by atoms with Crippen LogP contribution in [0, 0.1) is 0 Å². The summed E-state index contributed by atoms with van der Waals surface area (Å²) in [6.45, 7) is 4.70. The Hall–Kier alpha value is -1.02. The van der Waals surface area contributed by atoms with Gasteiger partial charge in [-0.15, -0.1) is 0 Å². The van der Waals surface area contributed by atoms with Gasteiger partial charge >= 0.3 is 12.3 Å².